The molecule has 1 spiro atoms. The smallest absolute Gasteiger partial charge is 0.239 e. The molecule has 2 rings (SSSR count). The van der Waals surface area contributed by atoms with E-state index < -0.39 is 6.04 Å². The predicted octanol–water partition coefficient (Wildman–Crippen LogP) is -0.933. The van der Waals surface area contributed by atoms with Crippen LogP contribution in [0.4, 0.5) is 4.39 Å². The zero-order chi connectivity index (χ0) is 14.5. The van der Waals surface area contributed by atoms with E-state index in [0.29, 0.717) is 7.18 Å². The maximum absolute atomic E-state index is 11.5. The third kappa shape index (κ3) is 3.42. The predicted molar refractivity (Wildman–Crippen MR) is 67.9 cm³/mol. The highest BCUT2D eigenvalue weighted by atomic mass is 19.1. The maximum atomic E-state index is 11.5. The summed E-state index contributed by atoms with van der Waals surface area (Å²) < 4.78 is 9.50. The largest absolute Gasteiger partial charge is 0.394 e. The van der Waals surface area contributed by atoms with Crippen LogP contribution >= 0.6 is 0 Å². The van der Waals surface area contributed by atoms with Crippen molar-refractivity contribution in [1.29, 1.82) is 0 Å². The minimum absolute atomic E-state index is 0.0825. The highest BCUT2D eigenvalue weighted by Crippen LogP contribution is 2.40. The van der Waals surface area contributed by atoms with Gasteiger partial charge in [0, 0.05) is 12.6 Å². The lowest BCUT2D eigenvalue weighted by atomic mass is 9.68. The molecule has 110 valence electrons. The van der Waals surface area contributed by atoms with Gasteiger partial charge in [-0.1, -0.05) is 0 Å². The van der Waals surface area contributed by atoms with Crippen LogP contribution in [-0.4, -0.2) is 49.3 Å². The van der Waals surface area contributed by atoms with Crippen LogP contribution in [0.15, 0.2) is 0 Å². The van der Waals surface area contributed by atoms with E-state index in [1.54, 1.807) is 0 Å². The standard InChI is InChI=1S/C11H19N3O3.CH3F/c12-8(5-15)9(16)14-7-1-3-11(4-2-7)6-13-10(11)17;1-2/h7-8,15H,1-6,12H2,(H,13,17)(H,14,16);1H3. The molecule has 1 heterocycles. The Balaban J connectivity index is 0.000000861. The monoisotopic (exact) mass is 275 g/mol. The summed E-state index contributed by atoms with van der Waals surface area (Å²) in [5.74, 6) is -0.166. The van der Waals surface area contributed by atoms with E-state index in [1.165, 1.54) is 0 Å². The summed E-state index contributed by atoms with van der Waals surface area (Å²) in [6, 6.07) is -0.767. The molecule has 0 radical (unpaired) electrons. The van der Waals surface area contributed by atoms with Gasteiger partial charge in [0.2, 0.25) is 11.8 Å². The lowest BCUT2D eigenvalue weighted by Gasteiger charge is -2.45. The lowest BCUT2D eigenvalue weighted by Crippen LogP contribution is -2.61. The number of halogens is 1. The summed E-state index contributed by atoms with van der Waals surface area (Å²) in [6.45, 7) is 0.424. The molecule has 1 unspecified atom stereocenters. The Labute approximate surface area is 111 Å². The number of aliphatic hydroxyl groups is 1. The van der Waals surface area contributed by atoms with Gasteiger partial charge in [0.15, 0.2) is 0 Å². The molecule has 5 N–H and O–H groups in total. The third-order valence-electron chi connectivity index (χ3n) is 3.89. The van der Waals surface area contributed by atoms with Gasteiger partial charge in [-0.2, -0.15) is 0 Å². The van der Waals surface area contributed by atoms with Crippen LogP contribution in [0.5, 0.6) is 0 Å². The molecule has 2 fully saturated rings. The summed E-state index contributed by atoms with van der Waals surface area (Å²) in [6.07, 6.45) is 3.24. The fourth-order valence-electron chi connectivity index (χ4n) is 2.52. The number of hydrogen-bond donors (Lipinski definition) is 4. The van der Waals surface area contributed by atoms with Gasteiger partial charge in [0.05, 0.1) is 19.2 Å². The van der Waals surface area contributed by atoms with E-state index >= 15 is 0 Å². The van der Waals surface area contributed by atoms with Crippen molar-refractivity contribution >= 4 is 11.8 Å². The van der Waals surface area contributed by atoms with Crippen LogP contribution in [0.3, 0.4) is 0 Å². The molecule has 1 aliphatic carbocycles. The van der Waals surface area contributed by atoms with Crippen LogP contribution in [0.1, 0.15) is 25.7 Å². The highest BCUT2D eigenvalue weighted by molar-refractivity contribution is 5.88. The number of carbonyl (C=O) groups is 2. The first kappa shape index (κ1) is 15.8. The van der Waals surface area contributed by atoms with Crippen molar-refractivity contribution in [1.82, 2.24) is 10.6 Å². The molecule has 1 saturated heterocycles. The van der Waals surface area contributed by atoms with Crippen LogP contribution in [0, 0.1) is 5.41 Å². The first-order valence-electron chi connectivity index (χ1n) is 6.40. The minimum atomic E-state index is -0.849. The number of carbonyl (C=O) groups excluding carboxylic acids is 2. The Morgan fingerprint density at radius 1 is 1.58 bits per heavy atom. The number of alkyl halides is 1. The molecule has 0 aromatic carbocycles. The SMILES string of the molecule is CF.NC(CO)C(=O)NC1CCC2(CC1)CNC2=O. The van der Waals surface area contributed by atoms with Gasteiger partial charge in [-0.25, -0.2) is 0 Å². The molecular weight excluding hydrogens is 253 g/mol. The summed E-state index contributed by atoms with van der Waals surface area (Å²) in [4.78, 5) is 22.9. The van der Waals surface area contributed by atoms with Gasteiger partial charge in [-0.3, -0.25) is 14.0 Å². The maximum Gasteiger partial charge on any atom is 0.239 e. The zero-order valence-corrected chi connectivity index (χ0v) is 11.1. The number of hydrogen-bond acceptors (Lipinski definition) is 4. The second-order valence-electron chi connectivity index (χ2n) is 5.03. The second-order valence-corrected chi connectivity index (χ2v) is 5.03. The van der Waals surface area contributed by atoms with Gasteiger partial charge in [0.1, 0.15) is 6.04 Å². The molecule has 2 amide bonds. The van der Waals surface area contributed by atoms with Crippen LogP contribution in [-0.2, 0) is 9.59 Å². The van der Waals surface area contributed by atoms with E-state index in [-0.39, 0.29) is 29.9 Å². The molecule has 0 bridgehead atoms. The van der Waals surface area contributed by atoms with Gasteiger partial charge in [-0.05, 0) is 25.7 Å². The van der Waals surface area contributed by atoms with Gasteiger partial charge in [0.25, 0.3) is 0 Å². The molecule has 0 aromatic rings. The fourth-order valence-corrected chi connectivity index (χ4v) is 2.52. The number of amides is 2. The van der Waals surface area contributed by atoms with Gasteiger partial charge >= 0.3 is 0 Å². The fraction of sp³-hybridized carbons (Fsp3) is 0.833. The Kier molecular flexibility index (Phi) is 5.68. The Bertz CT molecular complexity index is 330. The van der Waals surface area contributed by atoms with Crippen molar-refractivity contribution in [3.63, 3.8) is 0 Å². The minimum Gasteiger partial charge on any atom is -0.394 e. The molecular formula is C12H22FN3O3. The van der Waals surface area contributed by atoms with Gasteiger partial charge < -0.3 is 21.5 Å². The highest BCUT2D eigenvalue weighted by Gasteiger charge is 2.48. The quantitative estimate of drug-likeness (QED) is 0.499. The number of β-lactam (4-membered cyclic amide) rings is 1. The molecule has 2 aliphatic rings. The molecule has 1 saturated carbocycles. The number of nitrogens with one attached hydrogen (secondary N) is 2. The zero-order valence-electron chi connectivity index (χ0n) is 11.1. The third-order valence-corrected chi connectivity index (χ3v) is 3.89. The molecule has 0 aromatic heterocycles. The molecule has 6 nitrogen and oxygen atoms in total. The first-order chi connectivity index (χ1) is 9.07. The van der Waals surface area contributed by atoms with E-state index in [9.17, 15) is 14.0 Å². The van der Waals surface area contributed by atoms with E-state index in [4.69, 9.17) is 10.8 Å². The second kappa shape index (κ2) is 6.81. The summed E-state index contributed by atoms with van der Waals surface area (Å²) in [5, 5.41) is 14.3. The summed E-state index contributed by atoms with van der Waals surface area (Å²) in [5.41, 5.74) is 5.25. The van der Waals surface area contributed by atoms with Crippen molar-refractivity contribution < 1.29 is 19.1 Å². The molecule has 1 aliphatic heterocycles. The molecule has 7 heteroatoms. The van der Waals surface area contributed by atoms with E-state index in [2.05, 4.69) is 10.6 Å². The normalized spacial score (nSPS) is 30.5. The van der Waals surface area contributed by atoms with Crippen molar-refractivity contribution in [2.45, 2.75) is 37.8 Å². The first-order valence-corrected chi connectivity index (χ1v) is 6.40. The number of aliphatic hydroxyl groups excluding tert-OH is 1. The Morgan fingerprint density at radius 3 is 2.53 bits per heavy atom. The van der Waals surface area contributed by atoms with Crippen LogP contribution in [0.25, 0.3) is 0 Å². The van der Waals surface area contributed by atoms with Crippen molar-refractivity contribution in [2.24, 2.45) is 11.1 Å². The van der Waals surface area contributed by atoms with E-state index in [1.807, 2.05) is 0 Å². The summed E-state index contributed by atoms with van der Waals surface area (Å²) >= 11 is 0. The van der Waals surface area contributed by atoms with E-state index in [0.717, 1.165) is 32.2 Å². The Hall–Kier alpha value is -1.21. The van der Waals surface area contributed by atoms with Crippen molar-refractivity contribution in [3.8, 4) is 0 Å². The van der Waals surface area contributed by atoms with Gasteiger partial charge in [-0.15, -0.1) is 0 Å². The van der Waals surface area contributed by atoms with Crippen molar-refractivity contribution in [3.05, 3.63) is 0 Å². The lowest BCUT2D eigenvalue weighted by molar-refractivity contribution is -0.143. The number of nitrogens with two attached hydrogens (primary N) is 1. The summed E-state index contributed by atoms with van der Waals surface area (Å²) in [7, 11) is 0.500. The number of rotatable bonds is 3. The Morgan fingerprint density at radius 2 is 2.16 bits per heavy atom. The molecule has 1 atom stereocenters. The topological polar surface area (TPSA) is 104 Å². The average molecular weight is 275 g/mol. The average Bonchev–Trinajstić information content (AvgIpc) is 2.47. The van der Waals surface area contributed by atoms with Crippen molar-refractivity contribution in [2.75, 3.05) is 20.3 Å². The molecule has 19 heavy (non-hydrogen) atoms. The van der Waals surface area contributed by atoms with Crippen LogP contribution in [0.2, 0.25) is 0 Å². The van der Waals surface area contributed by atoms with Crippen LogP contribution < -0.4 is 16.4 Å².